The van der Waals surface area contributed by atoms with Gasteiger partial charge in [-0.1, -0.05) is 18.2 Å². The van der Waals surface area contributed by atoms with Crippen molar-refractivity contribution in [2.75, 3.05) is 7.05 Å². The van der Waals surface area contributed by atoms with Crippen molar-refractivity contribution in [2.24, 2.45) is 0 Å². The Morgan fingerprint density at radius 3 is 2.37 bits per heavy atom. The molecule has 0 fully saturated rings. The molecule has 2 aromatic carbocycles. The quantitative estimate of drug-likeness (QED) is 0.811. The summed E-state index contributed by atoms with van der Waals surface area (Å²) in [6.45, 7) is 1.44. The zero-order valence-corrected chi connectivity index (χ0v) is 14.1. The second-order valence-electron chi connectivity index (χ2n) is 3.95. The fourth-order valence-corrected chi connectivity index (χ4v) is 2.62. The standard InChI is InChI=1S/C12H12NO4S.Y/c1-7-11(18(15,16)17)6-8-5-9(13-2)3-4-10(8)12(7)14;/h3-6,14H,1-2H3,(H,15,16,17);/q-1;+3. The first-order chi connectivity index (χ1) is 8.34. The molecule has 0 bridgehead atoms. The van der Waals surface area contributed by atoms with Crippen LogP contribution in [0.5, 0.6) is 5.75 Å². The normalized spacial score (nSPS) is 11.1. The maximum absolute atomic E-state index is 11.2. The molecule has 2 rings (SSSR count). The molecule has 0 radical (unpaired) electrons. The molecular formula is C12H12NO4SY+2. The molecule has 7 heteroatoms. The van der Waals surface area contributed by atoms with Crippen LogP contribution in [0.2, 0.25) is 0 Å². The average molecular weight is 355 g/mol. The molecule has 2 aromatic rings. The molecule has 0 heterocycles. The first kappa shape index (κ1) is 16.4. The van der Waals surface area contributed by atoms with E-state index in [9.17, 15) is 13.5 Å². The third kappa shape index (κ3) is 3.08. The summed E-state index contributed by atoms with van der Waals surface area (Å²) in [7, 11) is -2.75. The number of phenolic OH excluding ortho intramolecular Hbond substituents is 1. The summed E-state index contributed by atoms with van der Waals surface area (Å²) in [4.78, 5) is -0.291. The predicted octanol–water partition coefficient (Wildman–Crippen LogP) is 2.73. The third-order valence-corrected chi connectivity index (χ3v) is 3.82. The van der Waals surface area contributed by atoms with Gasteiger partial charge in [-0.3, -0.25) is 4.55 Å². The van der Waals surface area contributed by atoms with Crippen LogP contribution in [0.25, 0.3) is 16.1 Å². The molecule has 0 atom stereocenters. The zero-order valence-electron chi connectivity index (χ0n) is 10.5. The minimum absolute atomic E-state index is 0. The first-order valence-electron chi connectivity index (χ1n) is 5.18. The number of fused-ring (bicyclic) bond motifs is 1. The molecule has 0 spiro atoms. The van der Waals surface area contributed by atoms with Crippen LogP contribution in [-0.4, -0.2) is 25.1 Å². The number of hydrogen-bond acceptors (Lipinski definition) is 3. The Balaban J connectivity index is 0.00000180. The van der Waals surface area contributed by atoms with Gasteiger partial charge in [-0.25, -0.2) is 0 Å². The van der Waals surface area contributed by atoms with Crippen molar-refractivity contribution in [3.05, 3.63) is 35.1 Å². The van der Waals surface area contributed by atoms with E-state index in [4.69, 9.17) is 4.55 Å². The van der Waals surface area contributed by atoms with Crippen molar-refractivity contribution in [3.8, 4) is 5.75 Å². The summed E-state index contributed by atoms with van der Waals surface area (Å²) >= 11 is 0. The minimum atomic E-state index is -4.36. The summed E-state index contributed by atoms with van der Waals surface area (Å²) in [5.41, 5.74) is 0.790. The fourth-order valence-electron chi connectivity index (χ4n) is 1.86. The monoisotopic (exact) mass is 355 g/mol. The topological polar surface area (TPSA) is 88.7 Å². The van der Waals surface area contributed by atoms with Gasteiger partial charge in [0.25, 0.3) is 10.1 Å². The third-order valence-electron chi connectivity index (χ3n) is 2.84. The van der Waals surface area contributed by atoms with E-state index in [1.807, 2.05) is 0 Å². The average Bonchev–Trinajstić information content (AvgIpc) is 2.31. The Labute approximate surface area is 136 Å². The zero-order chi connectivity index (χ0) is 13.5. The van der Waals surface area contributed by atoms with Crippen molar-refractivity contribution in [2.45, 2.75) is 11.8 Å². The van der Waals surface area contributed by atoms with Gasteiger partial charge in [0.15, 0.2) is 0 Å². The molecule has 0 amide bonds. The van der Waals surface area contributed by atoms with Gasteiger partial charge in [-0.05, 0) is 18.4 Å². The van der Waals surface area contributed by atoms with E-state index in [-0.39, 0.29) is 48.9 Å². The molecule has 96 valence electrons. The van der Waals surface area contributed by atoms with E-state index in [1.165, 1.54) is 13.0 Å². The van der Waals surface area contributed by atoms with Crippen LogP contribution in [0.1, 0.15) is 5.56 Å². The summed E-state index contributed by atoms with van der Waals surface area (Å²) < 4.78 is 31.6. The van der Waals surface area contributed by atoms with Crippen LogP contribution in [-0.2, 0) is 42.8 Å². The molecular weight excluding hydrogens is 343 g/mol. The van der Waals surface area contributed by atoms with Gasteiger partial charge in [0, 0.05) is 10.9 Å². The van der Waals surface area contributed by atoms with E-state index in [1.54, 1.807) is 25.2 Å². The molecule has 5 nitrogen and oxygen atoms in total. The van der Waals surface area contributed by atoms with E-state index < -0.39 is 10.1 Å². The number of benzene rings is 2. The summed E-state index contributed by atoms with van der Waals surface area (Å²) in [5.74, 6) is -0.150. The summed E-state index contributed by atoms with van der Waals surface area (Å²) in [6.07, 6.45) is 0. The van der Waals surface area contributed by atoms with Gasteiger partial charge >= 0.3 is 32.7 Å². The molecule has 0 aromatic heterocycles. The second-order valence-corrected chi connectivity index (χ2v) is 5.34. The number of nitrogens with zero attached hydrogens (tertiary/aromatic N) is 1. The van der Waals surface area contributed by atoms with Gasteiger partial charge in [-0.15, -0.1) is 12.7 Å². The van der Waals surface area contributed by atoms with Crippen LogP contribution in [0.15, 0.2) is 29.2 Å². The Hall–Kier alpha value is -0.686. The van der Waals surface area contributed by atoms with Crippen molar-refractivity contribution >= 4 is 26.6 Å². The molecule has 0 aliphatic rings. The Morgan fingerprint density at radius 2 is 1.84 bits per heavy atom. The van der Waals surface area contributed by atoms with Gasteiger partial charge in [0.2, 0.25) is 0 Å². The Morgan fingerprint density at radius 1 is 1.21 bits per heavy atom. The van der Waals surface area contributed by atoms with Crippen LogP contribution >= 0.6 is 0 Å². The number of aromatic hydroxyl groups is 1. The van der Waals surface area contributed by atoms with E-state index in [0.29, 0.717) is 16.5 Å². The van der Waals surface area contributed by atoms with E-state index in [0.717, 1.165) is 0 Å². The van der Waals surface area contributed by atoms with Gasteiger partial charge in [0.1, 0.15) is 10.6 Å². The van der Waals surface area contributed by atoms with Crippen molar-refractivity contribution in [1.82, 2.24) is 0 Å². The second kappa shape index (κ2) is 5.75. The molecule has 2 N–H and O–H groups in total. The number of hydrogen-bond donors (Lipinski definition) is 2. The molecule has 0 saturated carbocycles. The molecule has 0 aliphatic carbocycles. The minimum Gasteiger partial charge on any atom is -0.687 e. The maximum Gasteiger partial charge on any atom is 3.00 e. The van der Waals surface area contributed by atoms with Crippen molar-refractivity contribution < 1.29 is 50.8 Å². The van der Waals surface area contributed by atoms with Crippen LogP contribution in [0.3, 0.4) is 0 Å². The fraction of sp³-hybridized carbons (Fsp3) is 0.167. The maximum atomic E-state index is 11.2. The molecule has 0 unspecified atom stereocenters. The Kier molecular flexibility index (Phi) is 4.95. The Bertz CT molecular complexity index is 728. The van der Waals surface area contributed by atoms with Gasteiger partial charge in [0.05, 0.1) is 0 Å². The number of phenols is 1. The molecule has 0 saturated heterocycles. The predicted molar refractivity (Wildman–Crippen MR) is 69.1 cm³/mol. The van der Waals surface area contributed by atoms with Crippen LogP contribution < -0.4 is 0 Å². The van der Waals surface area contributed by atoms with E-state index >= 15 is 0 Å². The first-order valence-corrected chi connectivity index (χ1v) is 6.62. The largest absolute Gasteiger partial charge is 3.00 e. The van der Waals surface area contributed by atoms with Crippen LogP contribution in [0.4, 0.5) is 5.69 Å². The van der Waals surface area contributed by atoms with Crippen molar-refractivity contribution in [3.63, 3.8) is 0 Å². The van der Waals surface area contributed by atoms with Gasteiger partial charge in [-0.2, -0.15) is 8.42 Å². The van der Waals surface area contributed by atoms with Gasteiger partial charge < -0.3 is 10.4 Å². The van der Waals surface area contributed by atoms with Crippen molar-refractivity contribution in [1.29, 1.82) is 0 Å². The number of rotatable bonds is 2. The summed E-state index contributed by atoms with van der Waals surface area (Å²) in [5, 5.41) is 15.0. The van der Waals surface area contributed by atoms with E-state index in [2.05, 4.69) is 5.32 Å². The SMILES string of the molecule is C[N-]c1ccc2c(O)c(C)c(S(=O)(=O)O)cc2c1.[Y+3]. The van der Waals surface area contributed by atoms with Crippen LogP contribution in [0, 0.1) is 6.92 Å². The molecule has 0 aliphatic heterocycles. The summed E-state index contributed by atoms with van der Waals surface area (Å²) in [6, 6.07) is 6.35. The smallest absolute Gasteiger partial charge is 0.687 e. The molecule has 19 heavy (non-hydrogen) atoms.